The maximum absolute atomic E-state index is 12.5. The van der Waals surface area contributed by atoms with E-state index in [1.165, 1.54) is 23.9 Å². The number of rotatable bonds is 6. The maximum Gasteiger partial charge on any atom is 0.283 e. The first kappa shape index (κ1) is 22.5. The van der Waals surface area contributed by atoms with Crippen LogP contribution in [0.25, 0.3) is 6.08 Å². The summed E-state index contributed by atoms with van der Waals surface area (Å²) in [5.41, 5.74) is 3.54. The number of nitrogens with zero attached hydrogens (tertiary/aromatic N) is 1. The van der Waals surface area contributed by atoms with Crippen molar-refractivity contribution in [2.75, 3.05) is 0 Å². The predicted molar refractivity (Wildman–Crippen MR) is 127 cm³/mol. The maximum atomic E-state index is 12.5. The van der Waals surface area contributed by atoms with E-state index >= 15 is 0 Å². The normalized spacial score (nSPS) is 11.6. The first-order valence-electron chi connectivity index (χ1n) is 9.99. The van der Waals surface area contributed by atoms with Gasteiger partial charge in [0, 0.05) is 16.5 Å². The average molecular weight is 432 g/mol. The molecule has 0 amide bonds. The summed E-state index contributed by atoms with van der Waals surface area (Å²) in [6.45, 7) is 8.37. The van der Waals surface area contributed by atoms with E-state index in [1.54, 1.807) is 18.2 Å². The Labute approximate surface area is 187 Å². The van der Waals surface area contributed by atoms with Gasteiger partial charge >= 0.3 is 0 Å². The molecule has 0 aliphatic heterocycles. The summed E-state index contributed by atoms with van der Waals surface area (Å²) in [5.74, 6) is -0.138. The van der Waals surface area contributed by atoms with Gasteiger partial charge in [-0.05, 0) is 47.7 Å². The fraction of sp³-hybridized carbons (Fsp3) is 0.192. The Morgan fingerprint density at radius 3 is 2.19 bits per heavy atom. The highest BCUT2D eigenvalue weighted by molar-refractivity contribution is 7.99. The van der Waals surface area contributed by atoms with E-state index in [2.05, 4.69) is 20.8 Å². The third-order valence-corrected chi connectivity index (χ3v) is 5.96. The van der Waals surface area contributed by atoms with E-state index in [0.29, 0.717) is 16.0 Å². The van der Waals surface area contributed by atoms with Crippen molar-refractivity contribution < 1.29 is 9.72 Å². The van der Waals surface area contributed by atoms with Crippen LogP contribution in [0.3, 0.4) is 0 Å². The van der Waals surface area contributed by atoms with Gasteiger partial charge in [-0.1, -0.05) is 86.6 Å². The molecule has 0 aliphatic carbocycles. The van der Waals surface area contributed by atoms with E-state index in [0.717, 1.165) is 16.0 Å². The van der Waals surface area contributed by atoms with Crippen LogP contribution in [0.4, 0.5) is 5.69 Å². The molecule has 0 aliphatic rings. The molecule has 3 rings (SSSR count). The van der Waals surface area contributed by atoms with Crippen LogP contribution in [0.2, 0.25) is 0 Å². The fourth-order valence-corrected chi connectivity index (χ4v) is 3.90. The summed E-state index contributed by atoms with van der Waals surface area (Å²) < 4.78 is 0. The first-order chi connectivity index (χ1) is 14.6. The van der Waals surface area contributed by atoms with Gasteiger partial charge in [-0.25, -0.2) is 0 Å². The van der Waals surface area contributed by atoms with Gasteiger partial charge in [0.05, 0.1) is 9.82 Å². The van der Waals surface area contributed by atoms with Gasteiger partial charge in [-0.15, -0.1) is 0 Å². The fourth-order valence-electron chi connectivity index (χ4n) is 3.00. The van der Waals surface area contributed by atoms with E-state index in [1.807, 2.05) is 55.5 Å². The molecule has 4 nitrogen and oxygen atoms in total. The molecule has 158 valence electrons. The Hall–Kier alpha value is -3.18. The zero-order chi connectivity index (χ0) is 22.6. The van der Waals surface area contributed by atoms with Crippen LogP contribution in [0.15, 0.2) is 82.6 Å². The summed E-state index contributed by atoms with van der Waals surface area (Å²) in [7, 11) is 0. The van der Waals surface area contributed by atoms with Crippen molar-refractivity contribution in [2.24, 2.45) is 0 Å². The second-order valence-corrected chi connectivity index (χ2v) is 9.54. The van der Waals surface area contributed by atoms with E-state index < -0.39 is 0 Å². The highest BCUT2D eigenvalue weighted by Gasteiger charge is 2.16. The van der Waals surface area contributed by atoms with Crippen molar-refractivity contribution >= 4 is 29.3 Å². The van der Waals surface area contributed by atoms with Crippen LogP contribution in [0.1, 0.15) is 47.8 Å². The number of hydrogen-bond acceptors (Lipinski definition) is 4. The molecule has 3 aromatic rings. The number of ketones is 1. The molecule has 0 saturated heterocycles. The Bertz CT molecular complexity index is 1120. The van der Waals surface area contributed by atoms with E-state index in [4.69, 9.17) is 0 Å². The summed E-state index contributed by atoms with van der Waals surface area (Å²) >= 11 is 1.35. The molecule has 0 saturated carbocycles. The largest absolute Gasteiger partial charge is 0.289 e. The second-order valence-electron chi connectivity index (χ2n) is 8.42. The molecular weight excluding hydrogens is 406 g/mol. The monoisotopic (exact) mass is 431 g/mol. The zero-order valence-electron chi connectivity index (χ0n) is 18.1. The summed E-state index contributed by atoms with van der Waals surface area (Å²) in [6.07, 6.45) is 3.07. The van der Waals surface area contributed by atoms with Crippen molar-refractivity contribution in [2.45, 2.75) is 42.9 Å². The number of allylic oxidation sites excluding steroid dienone is 1. The standard InChI is InChI=1S/C26H25NO3S/c1-18-5-13-22(14-6-18)31-25-16-8-19(17-23(25)27(29)30)7-15-24(28)20-9-11-21(12-10-20)26(2,3)4/h5-17H,1-4H3/b15-7+. The number of nitro benzene ring substituents is 1. The lowest BCUT2D eigenvalue weighted by molar-refractivity contribution is -0.387. The number of carbonyl (C=O) groups is 1. The topological polar surface area (TPSA) is 60.2 Å². The van der Waals surface area contributed by atoms with Crippen LogP contribution >= 0.6 is 11.8 Å². The minimum atomic E-state index is -0.388. The third kappa shape index (κ3) is 5.92. The van der Waals surface area contributed by atoms with Crippen molar-refractivity contribution in [1.82, 2.24) is 0 Å². The van der Waals surface area contributed by atoms with Gasteiger partial charge in [0.25, 0.3) is 5.69 Å². The Balaban J connectivity index is 1.78. The summed E-state index contributed by atoms with van der Waals surface area (Å²) in [5, 5.41) is 11.6. The van der Waals surface area contributed by atoms with Crippen molar-refractivity contribution in [3.63, 3.8) is 0 Å². The molecule has 0 fully saturated rings. The lowest BCUT2D eigenvalue weighted by Gasteiger charge is -2.18. The molecule has 0 N–H and O–H groups in total. The number of hydrogen-bond donors (Lipinski definition) is 0. The van der Waals surface area contributed by atoms with Gasteiger partial charge < -0.3 is 0 Å². The molecule has 0 radical (unpaired) electrons. The summed E-state index contributed by atoms with van der Waals surface area (Å²) in [6, 6.07) is 20.4. The third-order valence-electron chi connectivity index (χ3n) is 4.89. The highest BCUT2D eigenvalue weighted by atomic mass is 32.2. The molecule has 3 aromatic carbocycles. The Morgan fingerprint density at radius 2 is 1.61 bits per heavy atom. The van der Waals surface area contributed by atoms with Gasteiger partial charge in [0.15, 0.2) is 5.78 Å². The quantitative estimate of drug-likeness (QED) is 0.178. The number of carbonyl (C=O) groups excluding carboxylic acids is 1. The van der Waals surface area contributed by atoms with E-state index in [-0.39, 0.29) is 21.8 Å². The predicted octanol–water partition coefficient (Wildman–Crippen LogP) is 7.25. The minimum absolute atomic E-state index is 0.0225. The van der Waals surface area contributed by atoms with Gasteiger partial charge in [-0.2, -0.15) is 0 Å². The Morgan fingerprint density at radius 1 is 0.968 bits per heavy atom. The van der Waals surface area contributed by atoms with Crippen LogP contribution in [-0.4, -0.2) is 10.7 Å². The van der Waals surface area contributed by atoms with Crippen molar-refractivity contribution in [3.05, 3.63) is 105 Å². The van der Waals surface area contributed by atoms with Gasteiger partial charge in [-0.3, -0.25) is 14.9 Å². The SMILES string of the molecule is Cc1ccc(Sc2ccc(/C=C/C(=O)c3ccc(C(C)(C)C)cc3)cc2[N+](=O)[O-])cc1. The second kappa shape index (κ2) is 9.31. The number of nitro groups is 1. The molecule has 0 atom stereocenters. The van der Waals surface area contributed by atoms with Crippen LogP contribution in [-0.2, 0) is 5.41 Å². The highest BCUT2D eigenvalue weighted by Crippen LogP contribution is 2.35. The van der Waals surface area contributed by atoms with Crippen molar-refractivity contribution in [3.8, 4) is 0 Å². The molecule has 0 unspecified atom stereocenters. The molecule has 0 aromatic heterocycles. The lowest BCUT2D eigenvalue weighted by atomic mass is 9.86. The minimum Gasteiger partial charge on any atom is -0.289 e. The van der Waals surface area contributed by atoms with Crippen LogP contribution in [0, 0.1) is 17.0 Å². The molecule has 31 heavy (non-hydrogen) atoms. The van der Waals surface area contributed by atoms with Gasteiger partial charge in [0.2, 0.25) is 0 Å². The molecular formula is C26H25NO3S. The van der Waals surface area contributed by atoms with Crippen LogP contribution < -0.4 is 0 Å². The summed E-state index contributed by atoms with van der Waals surface area (Å²) in [4.78, 5) is 25.2. The van der Waals surface area contributed by atoms with Crippen LogP contribution in [0.5, 0.6) is 0 Å². The lowest BCUT2D eigenvalue weighted by Crippen LogP contribution is -2.11. The van der Waals surface area contributed by atoms with Crippen molar-refractivity contribution in [1.29, 1.82) is 0 Å². The molecule has 0 spiro atoms. The first-order valence-corrected chi connectivity index (χ1v) is 10.8. The average Bonchev–Trinajstić information content (AvgIpc) is 2.73. The van der Waals surface area contributed by atoms with Gasteiger partial charge in [0.1, 0.15) is 0 Å². The molecule has 5 heteroatoms. The zero-order valence-corrected chi connectivity index (χ0v) is 18.9. The molecule has 0 heterocycles. The molecule has 0 bridgehead atoms. The number of benzene rings is 3. The smallest absolute Gasteiger partial charge is 0.283 e. The number of aryl methyl sites for hydroxylation is 1. The Kier molecular flexibility index (Phi) is 6.76. The van der Waals surface area contributed by atoms with E-state index in [9.17, 15) is 14.9 Å².